The Morgan fingerprint density at radius 2 is 1.89 bits per heavy atom. The van der Waals surface area contributed by atoms with Crippen molar-refractivity contribution in [1.82, 2.24) is 19.1 Å². The predicted molar refractivity (Wildman–Crippen MR) is 104 cm³/mol. The van der Waals surface area contributed by atoms with Crippen molar-refractivity contribution in [2.75, 3.05) is 6.61 Å². The molecule has 1 aromatic heterocycles. The maximum atomic E-state index is 13.4. The molecule has 0 N–H and O–H groups in total. The van der Waals surface area contributed by atoms with E-state index in [1.165, 1.54) is 10.4 Å². The molecule has 7 nitrogen and oxygen atoms in total. The molecule has 9 heteroatoms. The van der Waals surface area contributed by atoms with Gasteiger partial charge in [0.25, 0.3) is 0 Å². The Kier molecular flexibility index (Phi) is 5.45. The Morgan fingerprint density at radius 1 is 1.07 bits per heavy atom. The molecule has 146 valence electrons. The quantitative estimate of drug-likeness (QED) is 0.615. The average molecular weight is 419 g/mol. The smallest absolute Gasteiger partial charge is 0.243 e. The first-order valence-corrected chi connectivity index (χ1v) is 10.6. The van der Waals surface area contributed by atoms with Crippen LogP contribution in [0.2, 0.25) is 5.02 Å². The number of ether oxygens (including phenoxy) is 1. The van der Waals surface area contributed by atoms with E-state index in [9.17, 15) is 8.42 Å². The summed E-state index contributed by atoms with van der Waals surface area (Å²) < 4.78 is 35.5. The molecule has 1 aliphatic heterocycles. The SMILES string of the molecule is O=S(=O)(c1cccc(Cl)c1)N(Cc1ccccc1)Cc1nnc2n1CCOC2. The highest BCUT2D eigenvalue weighted by Gasteiger charge is 2.28. The monoisotopic (exact) mass is 418 g/mol. The molecule has 3 aromatic rings. The second-order valence-corrected chi connectivity index (χ2v) is 8.83. The van der Waals surface area contributed by atoms with Gasteiger partial charge in [-0.3, -0.25) is 0 Å². The Balaban J connectivity index is 1.70. The van der Waals surface area contributed by atoms with Crippen LogP contribution < -0.4 is 0 Å². The van der Waals surface area contributed by atoms with Gasteiger partial charge in [0.1, 0.15) is 12.4 Å². The molecule has 0 amide bonds. The Hall–Kier alpha value is -2.26. The molecule has 0 spiro atoms. The zero-order valence-electron chi connectivity index (χ0n) is 15.0. The second-order valence-electron chi connectivity index (χ2n) is 6.45. The molecule has 0 saturated heterocycles. The molecule has 0 fully saturated rings. The van der Waals surface area contributed by atoms with Gasteiger partial charge in [-0.1, -0.05) is 48.0 Å². The topological polar surface area (TPSA) is 77.3 Å². The fourth-order valence-corrected chi connectivity index (χ4v) is 4.80. The highest BCUT2D eigenvalue weighted by molar-refractivity contribution is 7.89. The zero-order chi connectivity index (χ0) is 19.6. The van der Waals surface area contributed by atoms with E-state index in [0.717, 1.165) is 5.56 Å². The summed E-state index contributed by atoms with van der Waals surface area (Å²) in [5.74, 6) is 1.31. The van der Waals surface area contributed by atoms with Crippen molar-refractivity contribution in [3.05, 3.63) is 76.8 Å². The van der Waals surface area contributed by atoms with E-state index in [0.29, 0.717) is 36.4 Å². The summed E-state index contributed by atoms with van der Waals surface area (Å²) in [5.41, 5.74) is 0.884. The molecule has 2 aromatic carbocycles. The van der Waals surface area contributed by atoms with Gasteiger partial charge in [-0.25, -0.2) is 8.42 Å². The van der Waals surface area contributed by atoms with Crippen LogP contribution in [-0.4, -0.2) is 34.1 Å². The summed E-state index contributed by atoms with van der Waals surface area (Å²) in [6.45, 7) is 1.86. The summed E-state index contributed by atoms with van der Waals surface area (Å²) in [6, 6.07) is 15.7. The molecule has 0 radical (unpaired) electrons. The van der Waals surface area contributed by atoms with Crippen LogP contribution >= 0.6 is 11.6 Å². The Labute approximate surface area is 168 Å². The van der Waals surface area contributed by atoms with Crippen LogP contribution in [0.15, 0.2) is 59.5 Å². The number of halogens is 1. The van der Waals surface area contributed by atoms with Gasteiger partial charge in [0.2, 0.25) is 10.0 Å². The average Bonchev–Trinajstić information content (AvgIpc) is 3.11. The first kappa shape index (κ1) is 19.1. The van der Waals surface area contributed by atoms with E-state index in [4.69, 9.17) is 16.3 Å². The van der Waals surface area contributed by atoms with Crippen LogP contribution in [0.4, 0.5) is 0 Å². The molecule has 28 heavy (non-hydrogen) atoms. The van der Waals surface area contributed by atoms with E-state index in [1.807, 2.05) is 34.9 Å². The summed E-state index contributed by atoms with van der Waals surface area (Å²) in [7, 11) is -3.79. The van der Waals surface area contributed by atoms with Crippen molar-refractivity contribution in [1.29, 1.82) is 0 Å². The summed E-state index contributed by atoms with van der Waals surface area (Å²) >= 11 is 6.03. The third kappa shape index (κ3) is 3.95. The van der Waals surface area contributed by atoms with Crippen molar-refractivity contribution in [3.8, 4) is 0 Å². The number of aromatic nitrogens is 3. The number of hydrogen-bond acceptors (Lipinski definition) is 5. The van der Waals surface area contributed by atoms with Crippen LogP contribution in [0.1, 0.15) is 17.2 Å². The fraction of sp³-hybridized carbons (Fsp3) is 0.263. The lowest BCUT2D eigenvalue weighted by Gasteiger charge is -2.23. The van der Waals surface area contributed by atoms with Crippen molar-refractivity contribution >= 4 is 21.6 Å². The minimum atomic E-state index is -3.79. The number of benzene rings is 2. The first-order valence-electron chi connectivity index (χ1n) is 8.82. The molecule has 0 unspecified atom stereocenters. The Bertz CT molecular complexity index is 1070. The molecule has 4 rings (SSSR count). The van der Waals surface area contributed by atoms with Crippen molar-refractivity contribution in [2.24, 2.45) is 0 Å². The van der Waals surface area contributed by atoms with Gasteiger partial charge >= 0.3 is 0 Å². The normalized spacial score (nSPS) is 14.2. The fourth-order valence-electron chi connectivity index (χ4n) is 3.12. The molecular formula is C19H19ClN4O3S. The van der Waals surface area contributed by atoms with Crippen LogP contribution in [0.5, 0.6) is 0 Å². The lowest BCUT2D eigenvalue weighted by atomic mass is 10.2. The third-order valence-electron chi connectivity index (χ3n) is 4.55. The molecule has 2 heterocycles. The number of sulfonamides is 1. The van der Waals surface area contributed by atoms with Crippen molar-refractivity contribution < 1.29 is 13.2 Å². The molecule has 0 bridgehead atoms. The minimum absolute atomic E-state index is 0.108. The first-order chi connectivity index (χ1) is 13.5. The van der Waals surface area contributed by atoms with E-state index < -0.39 is 10.0 Å². The molecule has 0 atom stereocenters. The lowest BCUT2D eigenvalue weighted by Crippen LogP contribution is -2.32. The van der Waals surface area contributed by atoms with Crippen LogP contribution in [0.25, 0.3) is 0 Å². The van der Waals surface area contributed by atoms with Crippen molar-refractivity contribution in [2.45, 2.75) is 31.1 Å². The maximum Gasteiger partial charge on any atom is 0.243 e. The highest BCUT2D eigenvalue weighted by Crippen LogP contribution is 2.24. The Morgan fingerprint density at radius 3 is 2.68 bits per heavy atom. The van der Waals surface area contributed by atoms with Gasteiger partial charge < -0.3 is 9.30 Å². The van der Waals surface area contributed by atoms with E-state index in [2.05, 4.69) is 10.2 Å². The highest BCUT2D eigenvalue weighted by atomic mass is 35.5. The molecule has 0 aliphatic carbocycles. The number of rotatable bonds is 6. The van der Waals surface area contributed by atoms with Crippen LogP contribution in [-0.2, 0) is 41.0 Å². The minimum Gasteiger partial charge on any atom is -0.372 e. The van der Waals surface area contributed by atoms with E-state index in [-0.39, 0.29) is 18.0 Å². The summed E-state index contributed by atoms with van der Waals surface area (Å²) in [4.78, 5) is 0.151. The van der Waals surface area contributed by atoms with Gasteiger partial charge in [-0.2, -0.15) is 4.31 Å². The molecule has 0 saturated carbocycles. The molecule has 1 aliphatic rings. The van der Waals surface area contributed by atoms with E-state index in [1.54, 1.807) is 18.2 Å². The summed E-state index contributed by atoms with van der Waals surface area (Å²) in [5, 5.41) is 8.71. The van der Waals surface area contributed by atoms with Gasteiger partial charge in [-0.15, -0.1) is 10.2 Å². The van der Waals surface area contributed by atoms with Crippen molar-refractivity contribution in [3.63, 3.8) is 0 Å². The predicted octanol–water partition coefficient (Wildman–Crippen LogP) is 2.85. The standard InChI is InChI=1S/C19H19ClN4O3S/c20-16-7-4-8-17(11-16)28(25,26)23(12-15-5-2-1-3-6-15)13-18-21-22-19-14-27-10-9-24(18)19/h1-8,11H,9-10,12-14H2. The van der Waals surface area contributed by atoms with Gasteiger partial charge in [0.15, 0.2) is 5.82 Å². The van der Waals surface area contributed by atoms with Gasteiger partial charge in [0, 0.05) is 18.1 Å². The third-order valence-corrected chi connectivity index (χ3v) is 6.57. The maximum absolute atomic E-state index is 13.4. The van der Waals surface area contributed by atoms with Crippen LogP contribution in [0.3, 0.4) is 0 Å². The van der Waals surface area contributed by atoms with Crippen LogP contribution in [0, 0.1) is 0 Å². The largest absolute Gasteiger partial charge is 0.372 e. The number of hydrogen-bond donors (Lipinski definition) is 0. The van der Waals surface area contributed by atoms with Gasteiger partial charge in [0.05, 0.1) is 18.0 Å². The second kappa shape index (κ2) is 8.00. The number of nitrogens with zero attached hydrogens (tertiary/aromatic N) is 4. The van der Waals surface area contributed by atoms with E-state index >= 15 is 0 Å². The number of fused-ring (bicyclic) bond motifs is 1. The summed E-state index contributed by atoms with van der Waals surface area (Å²) in [6.07, 6.45) is 0. The zero-order valence-corrected chi connectivity index (χ0v) is 16.6. The lowest BCUT2D eigenvalue weighted by molar-refractivity contribution is 0.0801. The van der Waals surface area contributed by atoms with Gasteiger partial charge in [-0.05, 0) is 23.8 Å². The molecular weight excluding hydrogens is 400 g/mol.